The minimum Gasteiger partial charge on any atom is -0.352 e. The molecule has 0 spiro atoms. The quantitative estimate of drug-likeness (QED) is 0.656. The van der Waals surface area contributed by atoms with E-state index in [-0.39, 0.29) is 24.5 Å². The summed E-state index contributed by atoms with van der Waals surface area (Å²) < 4.78 is 64.3. The molecule has 0 radical (unpaired) electrons. The predicted octanol–water partition coefficient (Wildman–Crippen LogP) is 0.571. The largest absolute Gasteiger partial charge is 0.352 e. The second kappa shape index (κ2) is 8.17. The summed E-state index contributed by atoms with van der Waals surface area (Å²) in [4.78, 5) is 16.5. The van der Waals surface area contributed by atoms with E-state index in [1.807, 2.05) is 0 Å². The van der Waals surface area contributed by atoms with Gasteiger partial charge in [0.25, 0.3) is 0 Å². The Labute approximate surface area is 168 Å². The van der Waals surface area contributed by atoms with Crippen LogP contribution in [0.1, 0.15) is 5.56 Å². The Kier molecular flexibility index (Phi) is 6.01. The summed E-state index contributed by atoms with van der Waals surface area (Å²) in [6.07, 6.45) is 4.10. The molecule has 1 saturated heterocycles. The number of hydrogen-bond donors (Lipinski definition) is 1. The van der Waals surface area contributed by atoms with Crippen molar-refractivity contribution in [1.29, 1.82) is 0 Å². The number of carbonyl (C=O) groups is 1. The normalized spacial score (nSPS) is 20.5. The number of nitrogens with zero attached hydrogens (tertiary/aromatic N) is 2. The third-order valence-electron chi connectivity index (χ3n) is 4.77. The van der Waals surface area contributed by atoms with Crippen molar-refractivity contribution in [3.8, 4) is 0 Å². The number of sulfonamides is 1. The molecule has 8 nitrogen and oxygen atoms in total. The zero-order chi connectivity index (χ0) is 21.2. The van der Waals surface area contributed by atoms with Crippen LogP contribution in [0.4, 0.5) is 4.39 Å². The summed E-state index contributed by atoms with van der Waals surface area (Å²) in [6, 6.07) is 7.68. The van der Waals surface area contributed by atoms with Crippen LogP contribution in [0.2, 0.25) is 0 Å². The van der Waals surface area contributed by atoms with Crippen molar-refractivity contribution in [2.45, 2.75) is 16.7 Å². The third kappa shape index (κ3) is 4.80. The van der Waals surface area contributed by atoms with Crippen LogP contribution < -0.4 is 5.32 Å². The van der Waals surface area contributed by atoms with Crippen molar-refractivity contribution in [3.05, 3.63) is 60.2 Å². The molecule has 0 saturated carbocycles. The highest BCUT2D eigenvalue weighted by atomic mass is 32.2. The molecule has 156 valence electrons. The van der Waals surface area contributed by atoms with Gasteiger partial charge in [-0.25, -0.2) is 21.2 Å². The van der Waals surface area contributed by atoms with Crippen LogP contribution in [0.3, 0.4) is 0 Å². The molecule has 2 aromatic rings. The zero-order valence-electron chi connectivity index (χ0n) is 15.5. The summed E-state index contributed by atoms with van der Waals surface area (Å²) >= 11 is 0. The number of rotatable bonds is 6. The first-order valence-corrected chi connectivity index (χ1v) is 12.1. The van der Waals surface area contributed by atoms with Crippen molar-refractivity contribution >= 4 is 25.8 Å². The Balaban J connectivity index is 1.87. The van der Waals surface area contributed by atoms with Gasteiger partial charge in [-0.1, -0.05) is 6.07 Å². The van der Waals surface area contributed by atoms with E-state index in [0.29, 0.717) is 0 Å². The lowest BCUT2D eigenvalue weighted by molar-refractivity contribution is -0.124. The molecule has 1 aromatic heterocycles. The molecule has 1 N–H and O–H groups in total. The molecule has 11 heteroatoms. The van der Waals surface area contributed by atoms with Gasteiger partial charge in [-0.05, 0) is 35.9 Å². The molecule has 0 bridgehead atoms. The number of pyridine rings is 1. The van der Waals surface area contributed by atoms with Gasteiger partial charge in [-0.15, -0.1) is 0 Å². The fraction of sp³-hybridized carbons (Fsp3) is 0.333. The van der Waals surface area contributed by atoms with Crippen molar-refractivity contribution in [2.75, 3.05) is 19.3 Å². The predicted molar refractivity (Wildman–Crippen MR) is 103 cm³/mol. The average Bonchev–Trinajstić information content (AvgIpc) is 3.14. The first kappa shape index (κ1) is 21.3. The topological polar surface area (TPSA) is 114 Å². The molecule has 3 rings (SSSR count). The van der Waals surface area contributed by atoms with Crippen LogP contribution in [0.15, 0.2) is 53.7 Å². The molecule has 0 aliphatic carbocycles. The molecule has 0 unspecified atom stereocenters. The number of aromatic nitrogens is 1. The number of hydrogen-bond acceptors (Lipinski definition) is 6. The minimum absolute atomic E-state index is 0.130. The van der Waals surface area contributed by atoms with E-state index in [9.17, 15) is 26.0 Å². The fourth-order valence-electron chi connectivity index (χ4n) is 3.20. The standard InChI is InChI=1S/C18H20FN3O5S2/c1-28(24,25)22-11-16(18(23)21-10-13-3-2-8-20-9-13)17(12-22)29(26,27)15-6-4-14(19)5-7-15/h2-9,16-17H,10-12H2,1H3,(H,21,23)/t16-,17-/m1/s1. The van der Waals surface area contributed by atoms with Crippen molar-refractivity contribution in [3.63, 3.8) is 0 Å². The monoisotopic (exact) mass is 441 g/mol. The Morgan fingerprint density at radius 2 is 1.86 bits per heavy atom. The van der Waals surface area contributed by atoms with Gasteiger partial charge in [-0.2, -0.15) is 4.31 Å². The lowest BCUT2D eigenvalue weighted by atomic mass is 10.1. The summed E-state index contributed by atoms with van der Waals surface area (Å²) in [5, 5.41) is 1.37. The number of amides is 1. The van der Waals surface area contributed by atoms with E-state index in [1.54, 1.807) is 24.5 Å². The number of nitrogens with one attached hydrogen (secondary N) is 1. The third-order valence-corrected chi connectivity index (χ3v) is 8.21. The second-order valence-corrected chi connectivity index (χ2v) is 11.0. The molecular formula is C18H20FN3O5S2. The Hall–Kier alpha value is -2.37. The van der Waals surface area contributed by atoms with Crippen LogP contribution >= 0.6 is 0 Å². The van der Waals surface area contributed by atoms with Gasteiger partial charge < -0.3 is 5.32 Å². The Morgan fingerprint density at radius 1 is 1.17 bits per heavy atom. The molecule has 1 fully saturated rings. The van der Waals surface area contributed by atoms with Crippen LogP contribution in [0, 0.1) is 11.7 Å². The van der Waals surface area contributed by atoms with E-state index < -0.39 is 42.8 Å². The second-order valence-electron chi connectivity index (χ2n) is 6.80. The van der Waals surface area contributed by atoms with E-state index in [2.05, 4.69) is 10.3 Å². The molecule has 1 aliphatic heterocycles. The SMILES string of the molecule is CS(=O)(=O)N1C[C@@H](S(=O)(=O)c2ccc(F)cc2)[C@H](C(=O)NCc2cccnc2)C1. The molecule has 2 atom stereocenters. The maximum atomic E-state index is 13.2. The van der Waals surface area contributed by atoms with Crippen molar-refractivity contribution < 1.29 is 26.0 Å². The van der Waals surface area contributed by atoms with Crippen LogP contribution in [-0.4, -0.2) is 56.6 Å². The number of carbonyl (C=O) groups excluding carboxylic acids is 1. The zero-order valence-corrected chi connectivity index (χ0v) is 17.2. The van der Waals surface area contributed by atoms with Crippen LogP contribution in [0.25, 0.3) is 0 Å². The van der Waals surface area contributed by atoms with Crippen LogP contribution in [0.5, 0.6) is 0 Å². The van der Waals surface area contributed by atoms with Gasteiger partial charge in [0.05, 0.1) is 22.3 Å². The van der Waals surface area contributed by atoms with Gasteiger partial charge in [0.1, 0.15) is 5.82 Å². The van der Waals surface area contributed by atoms with E-state index >= 15 is 0 Å². The highest BCUT2D eigenvalue weighted by molar-refractivity contribution is 7.92. The van der Waals surface area contributed by atoms with E-state index in [4.69, 9.17) is 0 Å². The minimum atomic E-state index is -4.07. The summed E-state index contributed by atoms with van der Waals surface area (Å²) in [5.74, 6) is -2.27. The van der Waals surface area contributed by atoms with Crippen LogP contribution in [-0.2, 0) is 31.2 Å². The highest BCUT2D eigenvalue weighted by Crippen LogP contribution is 2.30. The van der Waals surface area contributed by atoms with E-state index in [1.165, 1.54) is 0 Å². The molecule has 1 amide bonds. The molecule has 2 heterocycles. The van der Waals surface area contributed by atoms with E-state index in [0.717, 1.165) is 40.4 Å². The Morgan fingerprint density at radius 3 is 2.45 bits per heavy atom. The first-order valence-electron chi connectivity index (χ1n) is 8.70. The maximum Gasteiger partial charge on any atom is 0.226 e. The lowest BCUT2D eigenvalue weighted by Gasteiger charge is -2.18. The smallest absolute Gasteiger partial charge is 0.226 e. The number of halogens is 1. The van der Waals surface area contributed by atoms with Gasteiger partial charge >= 0.3 is 0 Å². The van der Waals surface area contributed by atoms with Gasteiger partial charge in [0.2, 0.25) is 15.9 Å². The highest BCUT2D eigenvalue weighted by Gasteiger charge is 2.48. The van der Waals surface area contributed by atoms with Crippen molar-refractivity contribution in [2.24, 2.45) is 5.92 Å². The van der Waals surface area contributed by atoms with Gasteiger partial charge in [0, 0.05) is 32.0 Å². The van der Waals surface area contributed by atoms with Crippen molar-refractivity contribution in [1.82, 2.24) is 14.6 Å². The summed E-state index contributed by atoms with van der Waals surface area (Å²) in [5.41, 5.74) is 0.719. The summed E-state index contributed by atoms with van der Waals surface area (Å²) in [6.45, 7) is -0.461. The summed E-state index contributed by atoms with van der Waals surface area (Å²) in [7, 11) is -7.77. The number of sulfone groups is 1. The lowest BCUT2D eigenvalue weighted by Crippen LogP contribution is -2.40. The molecule has 1 aromatic carbocycles. The van der Waals surface area contributed by atoms with Gasteiger partial charge in [-0.3, -0.25) is 9.78 Å². The maximum absolute atomic E-state index is 13.2. The average molecular weight is 442 g/mol. The molecule has 29 heavy (non-hydrogen) atoms. The molecular weight excluding hydrogens is 421 g/mol. The molecule has 1 aliphatic rings. The van der Waals surface area contributed by atoms with Gasteiger partial charge in [0.15, 0.2) is 9.84 Å². The number of benzene rings is 1. The Bertz CT molecular complexity index is 1090. The first-order chi connectivity index (χ1) is 13.6. The fourth-order valence-corrected chi connectivity index (χ4v) is 6.04.